The van der Waals surface area contributed by atoms with Gasteiger partial charge in [0.15, 0.2) is 0 Å². The minimum absolute atomic E-state index is 0.862. The summed E-state index contributed by atoms with van der Waals surface area (Å²) >= 11 is 0. The second kappa shape index (κ2) is 6.06. The van der Waals surface area contributed by atoms with Crippen LogP contribution in [0.2, 0.25) is 0 Å². The summed E-state index contributed by atoms with van der Waals surface area (Å²) in [6.07, 6.45) is 5.39. The molecule has 0 amide bonds. The Labute approximate surface area is 117 Å². The van der Waals surface area contributed by atoms with Crippen LogP contribution in [0.3, 0.4) is 0 Å². The summed E-state index contributed by atoms with van der Waals surface area (Å²) in [5.41, 5.74) is 2.87. The first-order chi connectivity index (χ1) is 9.29. The molecule has 1 aliphatic carbocycles. The molecule has 1 aliphatic heterocycles. The van der Waals surface area contributed by atoms with Crippen molar-refractivity contribution in [3.05, 3.63) is 35.4 Å². The number of likely N-dealkylation sites (tertiary alicyclic amines) is 1. The molecule has 0 aromatic heterocycles. The van der Waals surface area contributed by atoms with Crippen molar-refractivity contribution in [1.29, 1.82) is 0 Å². The lowest BCUT2D eigenvalue weighted by Gasteiger charge is -2.16. The molecule has 0 spiro atoms. The van der Waals surface area contributed by atoms with Crippen molar-refractivity contribution in [3.8, 4) is 0 Å². The third-order valence-electron chi connectivity index (χ3n) is 4.44. The van der Waals surface area contributed by atoms with E-state index in [0.717, 1.165) is 12.0 Å². The topological polar surface area (TPSA) is 15.3 Å². The quantitative estimate of drug-likeness (QED) is 0.844. The van der Waals surface area contributed by atoms with Crippen LogP contribution in [-0.2, 0) is 6.42 Å². The minimum Gasteiger partial charge on any atom is -0.314 e. The molecule has 1 saturated heterocycles. The molecule has 0 radical (unpaired) electrons. The van der Waals surface area contributed by atoms with Crippen LogP contribution in [0.4, 0.5) is 0 Å². The Bertz CT molecular complexity index is 411. The Morgan fingerprint density at radius 2 is 2.16 bits per heavy atom. The Morgan fingerprint density at radius 3 is 2.95 bits per heavy atom. The monoisotopic (exact) mass is 258 g/mol. The van der Waals surface area contributed by atoms with Crippen molar-refractivity contribution in [1.82, 2.24) is 10.2 Å². The van der Waals surface area contributed by atoms with Crippen molar-refractivity contribution in [2.45, 2.75) is 38.6 Å². The van der Waals surface area contributed by atoms with Crippen LogP contribution in [0, 0.1) is 12.8 Å². The maximum Gasteiger partial charge on any atom is 0.00683 e. The molecular formula is C17H26N2. The maximum absolute atomic E-state index is 3.67. The van der Waals surface area contributed by atoms with Crippen LogP contribution in [0.1, 0.15) is 30.4 Å². The van der Waals surface area contributed by atoms with E-state index in [9.17, 15) is 0 Å². The van der Waals surface area contributed by atoms with Gasteiger partial charge in [-0.2, -0.15) is 0 Å². The van der Waals surface area contributed by atoms with Crippen molar-refractivity contribution < 1.29 is 0 Å². The SMILES string of the molecule is Cc1cccc(CCN2CCC(CNC3CC3)C2)c1. The molecular weight excluding hydrogens is 232 g/mol. The third kappa shape index (κ3) is 4.05. The molecule has 1 heterocycles. The van der Waals surface area contributed by atoms with Crippen molar-refractivity contribution >= 4 is 0 Å². The molecule has 1 N–H and O–H groups in total. The van der Waals surface area contributed by atoms with Gasteiger partial charge in [-0.15, -0.1) is 0 Å². The number of benzene rings is 1. The van der Waals surface area contributed by atoms with Gasteiger partial charge < -0.3 is 10.2 Å². The first kappa shape index (κ1) is 13.1. The standard InChI is InChI=1S/C17H26N2/c1-14-3-2-4-15(11-14)7-9-19-10-8-16(13-19)12-18-17-5-6-17/h2-4,11,16-18H,5-10,12-13H2,1H3. The highest BCUT2D eigenvalue weighted by Crippen LogP contribution is 2.21. The van der Waals surface area contributed by atoms with Crippen LogP contribution >= 0.6 is 0 Å². The third-order valence-corrected chi connectivity index (χ3v) is 4.44. The predicted molar refractivity (Wildman–Crippen MR) is 80.5 cm³/mol. The van der Waals surface area contributed by atoms with Crippen molar-refractivity contribution in [2.24, 2.45) is 5.92 Å². The van der Waals surface area contributed by atoms with E-state index in [1.165, 1.54) is 63.0 Å². The molecule has 2 fully saturated rings. The molecule has 1 unspecified atom stereocenters. The lowest BCUT2D eigenvalue weighted by molar-refractivity contribution is 0.325. The first-order valence-electron chi connectivity index (χ1n) is 7.81. The normalized spacial score (nSPS) is 23.9. The van der Waals surface area contributed by atoms with E-state index in [-0.39, 0.29) is 0 Å². The Balaban J connectivity index is 1.38. The molecule has 2 nitrogen and oxygen atoms in total. The van der Waals surface area contributed by atoms with E-state index in [4.69, 9.17) is 0 Å². The minimum atomic E-state index is 0.862. The van der Waals surface area contributed by atoms with Crippen molar-refractivity contribution in [2.75, 3.05) is 26.2 Å². The highest BCUT2D eigenvalue weighted by molar-refractivity contribution is 5.22. The number of rotatable bonds is 6. The maximum atomic E-state index is 3.67. The summed E-state index contributed by atoms with van der Waals surface area (Å²) in [5, 5.41) is 3.67. The molecule has 3 rings (SSSR count). The summed E-state index contributed by atoms with van der Waals surface area (Å²) in [7, 11) is 0. The molecule has 1 atom stereocenters. The molecule has 2 aliphatic rings. The first-order valence-corrected chi connectivity index (χ1v) is 7.81. The van der Waals surface area contributed by atoms with Gasteiger partial charge >= 0.3 is 0 Å². The highest BCUT2D eigenvalue weighted by Gasteiger charge is 2.25. The van der Waals surface area contributed by atoms with E-state index < -0.39 is 0 Å². The van der Waals surface area contributed by atoms with Gasteiger partial charge in [0.25, 0.3) is 0 Å². The predicted octanol–water partition coefficient (Wildman–Crippen LogP) is 2.61. The van der Waals surface area contributed by atoms with Crippen LogP contribution in [-0.4, -0.2) is 37.1 Å². The number of nitrogens with one attached hydrogen (secondary N) is 1. The average molecular weight is 258 g/mol. The van der Waals surface area contributed by atoms with E-state index in [1.807, 2.05) is 0 Å². The fourth-order valence-electron chi connectivity index (χ4n) is 3.06. The van der Waals surface area contributed by atoms with Gasteiger partial charge in [-0.25, -0.2) is 0 Å². The molecule has 1 aromatic rings. The van der Waals surface area contributed by atoms with Crippen LogP contribution in [0.5, 0.6) is 0 Å². The van der Waals surface area contributed by atoms with Gasteiger partial charge in [0, 0.05) is 19.1 Å². The summed E-state index contributed by atoms with van der Waals surface area (Å²) in [6, 6.07) is 9.80. The summed E-state index contributed by atoms with van der Waals surface area (Å²) < 4.78 is 0. The van der Waals surface area contributed by atoms with Gasteiger partial charge in [-0.1, -0.05) is 29.8 Å². The second-order valence-corrected chi connectivity index (χ2v) is 6.38. The zero-order chi connectivity index (χ0) is 13.1. The zero-order valence-electron chi connectivity index (χ0n) is 12.1. The summed E-state index contributed by atoms with van der Waals surface area (Å²) in [4.78, 5) is 2.64. The number of aryl methyl sites for hydroxylation is 1. The fraction of sp³-hybridized carbons (Fsp3) is 0.647. The summed E-state index contributed by atoms with van der Waals surface area (Å²) in [5.74, 6) is 0.887. The van der Waals surface area contributed by atoms with E-state index >= 15 is 0 Å². The molecule has 19 heavy (non-hydrogen) atoms. The average Bonchev–Trinajstić information content (AvgIpc) is 3.13. The highest BCUT2D eigenvalue weighted by atomic mass is 15.1. The lowest BCUT2D eigenvalue weighted by atomic mass is 10.1. The van der Waals surface area contributed by atoms with Gasteiger partial charge in [0.05, 0.1) is 0 Å². The molecule has 2 heteroatoms. The van der Waals surface area contributed by atoms with E-state index in [2.05, 4.69) is 41.4 Å². The van der Waals surface area contributed by atoms with Crippen molar-refractivity contribution in [3.63, 3.8) is 0 Å². The van der Waals surface area contributed by atoms with Gasteiger partial charge in [-0.05, 0) is 57.2 Å². The van der Waals surface area contributed by atoms with Crippen LogP contribution in [0.15, 0.2) is 24.3 Å². The number of hydrogen-bond donors (Lipinski definition) is 1. The molecule has 0 bridgehead atoms. The van der Waals surface area contributed by atoms with Gasteiger partial charge in [0.1, 0.15) is 0 Å². The fourth-order valence-corrected chi connectivity index (χ4v) is 3.06. The molecule has 1 saturated carbocycles. The van der Waals surface area contributed by atoms with E-state index in [1.54, 1.807) is 0 Å². The largest absolute Gasteiger partial charge is 0.314 e. The second-order valence-electron chi connectivity index (χ2n) is 6.38. The Morgan fingerprint density at radius 1 is 1.26 bits per heavy atom. The van der Waals surface area contributed by atoms with E-state index in [0.29, 0.717) is 0 Å². The lowest BCUT2D eigenvalue weighted by Crippen LogP contribution is -2.28. The molecule has 1 aromatic carbocycles. The van der Waals surface area contributed by atoms with Gasteiger partial charge in [0.2, 0.25) is 0 Å². The Hall–Kier alpha value is -0.860. The Kier molecular flexibility index (Phi) is 4.19. The number of hydrogen-bond acceptors (Lipinski definition) is 2. The summed E-state index contributed by atoms with van der Waals surface area (Å²) in [6.45, 7) is 7.24. The van der Waals surface area contributed by atoms with Crippen LogP contribution < -0.4 is 5.32 Å². The zero-order valence-corrected chi connectivity index (χ0v) is 12.1. The smallest absolute Gasteiger partial charge is 0.00683 e. The number of nitrogens with zero attached hydrogens (tertiary/aromatic N) is 1. The molecule has 104 valence electrons. The van der Waals surface area contributed by atoms with Crippen LogP contribution in [0.25, 0.3) is 0 Å². The van der Waals surface area contributed by atoms with Gasteiger partial charge in [-0.3, -0.25) is 0 Å².